The van der Waals surface area contributed by atoms with Gasteiger partial charge in [0.25, 0.3) is 0 Å². The van der Waals surface area contributed by atoms with Gasteiger partial charge in [-0.1, -0.05) is 57.9 Å². The summed E-state index contributed by atoms with van der Waals surface area (Å²) < 4.78 is 11.3. The van der Waals surface area contributed by atoms with Crippen molar-refractivity contribution >= 4 is 11.0 Å². The second-order valence-electron chi connectivity index (χ2n) is 7.51. The first kappa shape index (κ1) is 19.2. The van der Waals surface area contributed by atoms with Gasteiger partial charge < -0.3 is 9.15 Å². The summed E-state index contributed by atoms with van der Waals surface area (Å²) in [5.41, 5.74) is 3.04. The Morgan fingerprint density at radius 2 is 1.78 bits per heavy atom. The maximum atomic E-state index is 12.5. The number of unbranched alkanes of at least 4 members (excludes halogenated alkanes) is 2. The van der Waals surface area contributed by atoms with Crippen molar-refractivity contribution in [2.24, 2.45) is 5.92 Å². The summed E-state index contributed by atoms with van der Waals surface area (Å²) in [4.78, 5) is 12.5. The lowest BCUT2D eigenvalue weighted by atomic mass is 10.0. The van der Waals surface area contributed by atoms with E-state index in [2.05, 4.69) is 32.9 Å². The third-order valence-corrected chi connectivity index (χ3v) is 4.62. The fourth-order valence-electron chi connectivity index (χ4n) is 3.08. The molecule has 142 valence electrons. The lowest BCUT2D eigenvalue weighted by Crippen LogP contribution is -2.05. The van der Waals surface area contributed by atoms with Crippen LogP contribution in [-0.4, -0.2) is 6.61 Å². The molecular formula is C24H28O3. The average Bonchev–Trinajstić information content (AvgIpc) is 2.66. The fourth-order valence-corrected chi connectivity index (χ4v) is 3.08. The highest BCUT2D eigenvalue weighted by atomic mass is 16.5. The molecule has 1 heterocycles. The third-order valence-electron chi connectivity index (χ3n) is 4.62. The van der Waals surface area contributed by atoms with Gasteiger partial charge in [-0.25, -0.2) is 4.79 Å². The predicted octanol–water partition coefficient (Wildman–Crippen LogP) is 6.23. The predicted molar refractivity (Wildman–Crippen MR) is 111 cm³/mol. The van der Waals surface area contributed by atoms with Gasteiger partial charge in [-0.15, -0.1) is 0 Å². The fraction of sp³-hybridized carbons (Fsp3) is 0.375. The van der Waals surface area contributed by atoms with E-state index in [4.69, 9.17) is 9.15 Å². The summed E-state index contributed by atoms with van der Waals surface area (Å²) in [7, 11) is 0. The number of rotatable bonds is 8. The smallest absolute Gasteiger partial charge is 0.344 e. The number of hydrogen-bond donors (Lipinski definition) is 0. The van der Waals surface area contributed by atoms with Gasteiger partial charge in [0.1, 0.15) is 11.3 Å². The highest BCUT2D eigenvalue weighted by molar-refractivity contribution is 5.82. The van der Waals surface area contributed by atoms with Crippen molar-refractivity contribution in [2.75, 3.05) is 6.61 Å². The van der Waals surface area contributed by atoms with Crippen molar-refractivity contribution in [1.82, 2.24) is 0 Å². The molecule has 27 heavy (non-hydrogen) atoms. The molecule has 1 aromatic heterocycles. The maximum Gasteiger partial charge on any atom is 0.344 e. The number of hydrogen-bond acceptors (Lipinski definition) is 3. The molecule has 3 nitrogen and oxygen atoms in total. The molecular weight excluding hydrogens is 336 g/mol. The number of ether oxygens (including phenoxy) is 1. The van der Waals surface area contributed by atoms with Gasteiger partial charge in [0.2, 0.25) is 0 Å². The molecule has 0 aliphatic carbocycles. The minimum absolute atomic E-state index is 0.317. The first-order valence-corrected chi connectivity index (χ1v) is 9.87. The first-order valence-electron chi connectivity index (χ1n) is 9.87. The molecule has 0 aliphatic heterocycles. The third kappa shape index (κ3) is 5.00. The Balaban J connectivity index is 1.83. The Kier molecular flexibility index (Phi) is 6.33. The zero-order chi connectivity index (χ0) is 19.2. The van der Waals surface area contributed by atoms with Crippen molar-refractivity contribution in [3.8, 4) is 16.9 Å². The van der Waals surface area contributed by atoms with Gasteiger partial charge in [-0.05, 0) is 48.1 Å². The van der Waals surface area contributed by atoms with Crippen LogP contribution in [0.2, 0.25) is 0 Å². The lowest BCUT2D eigenvalue weighted by molar-refractivity contribution is 0.271. The van der Waals surface area contributed by atoms with E-state index in [-0.39, 0.29) is 5.63 Å². The SMILES string of the molecule is CCCCCc1ccc(-c2cc3ccc(OCC(C)C)cc3oc2=O)cc1. The molecule has 3 rings (SSSR count). The summed E-state index contributed by atoms with van der Waals surface area (Å²) >= 11 is 0. The monoisotopic (exact) mass is 364 g/mol. The van der Waals surface area contributed by atoms with E-state index in [1.165, 1.54) is 24.8 Å². The Morgan fingerprint density at radius 3 is 2.48 bits per heavy atom. The molecule has 0 saturated carbocycles. The lowest BCUT2D eigenvalue weighted by Gasteiger charge is -2.09. The van der Waals surface area contributed by atoms with Gasteiger partial charge in [0.05, 0.1) is 12.2 Å². The van der Waals surface area contributed by atoms with Gasteiger partial charge in [0, 0.05) is 11.5 Å². The Bertz CT molecular complexity index is 936. The molecule has 0 fully saturated rings. The van der Waals surface area contributed by atoms with Crippen molar-refractivity contribution in [1.29, 1.82) is 0 Å². The van der Waals surface area contributed by atoms with Crippen LogP contribution < -0.4 is 10.4 Å². The molecule has 0 radical (unpaired) electrons. The number of fused-ring (bicyclic) bond motifs is 1. The van der Waals surface area contributed by atoms with Gasteiger partial charge >= 0.3 is 5.63 Å². The number of benzene rings is 2. The van der Waals surface area contributed by atoms with Crippen LogP contribution in [-0.2, 0) is 6.42 Å². The molecule has 0 amide bonds. The Morgan fingerprint density at radius 1 is 1.00 bits per heavy atom. The molecule has 3 aromatic rings. The van der Waals surface area contributed by atoms with Crippen LogP contribution >= 0.6 is 0 Å². The van der Waals surface area contributed by atoms with Gasteiger partial charge in [0.15, 0.2) is 0 Å². The van der Waals surface area contributed by atoms with E-state index in [0.29, 0.717) is 23.7 Å². The van der Waals surface area contributed by atoms with Crippen LogP contribution in [0.15, 0.2) is 57.7 Å². The van der Waals surface area contributed by atoms with Crippen LogP contribution in [0, 0.1) is 5.92 Å². The van der Waals surface area contributed by atoms with E-state index in [1.54, 1.807) is 6.07 Å². The molecule has 0 saturated heterocycles. The Labute approximate surface area is 161 Å². The minimum atomic E-state index is -0.317. The zero-order valence-corrected chi connectivity index (χ0v) is 16.5. The second kappa shape index (κ2) is 8.90. The molecule has 3 heteroatoms. The van der Waals surface area contributed by atoms with E-state index in [1.807, 2.05) is 30.3 Å². The summed E-state index contributed by atoms with van der Waals surface area (Å²) in [6.45, 7) is 7.05. The molecule has 0 N–H and O–H groups in total. The van der Waals surface area contributed by atoms with E-state index >= 15 is 0 Å². The van der Waals surface area contributed by atoms with E-state index < -0.39 is 0 Å². The first-order chi connectivity index (χ1) is 13.1. The standard InChI is InChI=1S/C24H28O3/c1-4-5-6-7-18-8-10-19(11-9-18)22-14-20-12-13-21(26-16-17(2)3)15-23(20)27-24(22)25/h8-15,17H,4-7,16H2,1-3H3. The minimum Gasteiger partial charge on any atom is -0.493 e. The van der Waals surface area contributed by atoms with Crippen LogP contribution in [0.3, 0.4) is 0 Å². The Hall–Kier alpha value is -2.55. The molecule has 0 unspecified atom stereocenters. The molecule has 0 bridgehead atoms. The summed E-state index contributed by atoms with van der Waals surface area (Å²) in [6, 6.07) is 15.8. The van der Waals surface area contributed by atoms with Crippen molar-refractivity contribution < 1.29 is 9.15 Å². The molecule has 0 aliphatic rings. The van der Waals surface area contributed by atoms with Gasteiger partial charge in [-0.2, -0.15) is 0 Å². The highest BCUT2D eigenvalue weighted by Crippen LogP contribution is 2.25. The molecule has 0 spiro atoms. The quantitative estimate of drug-likeness (QED) is 0.351. The van der Waals surface area contributed by atoms with Crippen LogP contribution in [0.4, 0.5) is 0 Å². The average molecular weight is 364 g/mol. The number of aryl methyl sites for hydroxylation is 1. The van der Waals surface area contributed by atoms with E-state index in [9.17, 15) is 4.79 Å². The largest absolute Gasteiger partial charge is 0.493 e. The molecule has 0 atom stereocenters. The summed E-state index contributed by atoms with van der Waals surface area (Å²) in [5, 5.41) is 0.897. The zero-order valence-electron chi connectivity index (χ0n) is 16.5. The summed E-state index contributed by atoms with van der Waals surface area (Å²) in [5.74, 6) is 1.17. The van der Waals surface area contributed by atoms with Crippen molar-refractivity contribution in [3.63, 3.8) is 0 Å². The van der Waals surface area contributed by atoms with Crippen LogP contribution in [0.5, 0.6) is 5.75 Å². The van der Waals surface area contributed by atoms with Crippen LogP contribution in [0.1, 0.15) is 45.6 Å². The maximum absolute atomic E-state index is 12.5. The van der Waals surface area contributed by atoms with Gasteiger partial charge in [-0.3, -0.25) is 0 Å². The normalized spacial score (nSPS) is 11.3. The van der Waals surface area contributed by atoms with Crippen molar-refractivity contribution in [2.45, 2.75) is 46.5 Å². The van der Waals surface area contributed by atoms with Crippen molar-refractivity contribution in [3.05, 3.63) is 64.5 Å². The topological polar surface area (TPSA) is 39.4 Å². The van der Waals surface area contributed by atoms with Crippen LogP contribution in [0.25, 0.3) is 22.1 Å². The highest BCUT2D eigenvalue weighted by Gasteiger charge is 2.09. The second-order valence-corrected chi connectivity index (χ2v) is 7.51. The summed E-state index contributed by atoms with van der Waals surface area (Å²) in [6.07, 6.45) is 4.76. The van der Waals surface area contributed by atoms with E-state index in [0.717, 1.165) is 23.1 Å². The molecule has 2 aromatic carbocycles.